The fourth-order valence-electron chi connectivity index (χ4n) is 2.54. The molecule has 0 saturated heterocycles. The Morgan fingerprint density at radius 2 is 1.36 bits per heavy atom. The third-order valence-electron chi connectivity index (χ3n) is 6.41. The van der Waals surface area contributed by atoms with E-state index < -0.39 is 16.6 Å². The van der Waals surface area contributed by atoms with Gasteiger partial charge in [0.15, 0.2) is 16.6 Å². The minimum atomic E-state index is -1.87. The minimum absolute atomic E-state index is 0.0219. The highest BCUT2D eigenvalue weighted by Gasteiger charge is 2.44. The molecule has 0 aliphatic heterocycles. The first-order chi connectivity index (χ1) is 11.0. The molecule has 1 rings (SSSR count). The molecule has 0 aromatic carbocycles. The van der Waals surface area contributed by atoms with Crippen LogP contribution in [-0.4, -0.2) is 28.8 Å². The predicted molar refractivity (Wildman–Crippen MR) is 115 cm³/mol. The topological polar surface area (TPSA) is 18.5 Å². The van der Waals surface area contributed by atoms with Crippen molar-refractivity contribution in [2.75, 3.05) is 0 Å². The Morgan fingerprint density at radius 3 is 1.76 bits per heavy atom. The maximum atomic E-state index is 6.70. The van der Waals surface area contributed by atoms with Gasteiger partial charge in [-0.2, -0.15) is 0 Å². The van der Waals surface area contributed by atoms with Gasteiger partial charge in [-0.15, -0.1) is 5.73 Å². The first kappa shape index (κ1) is 22.7. The molecule has 0 heterocycles. The van der Waals surface area contributed by atoms with E-state index in [1.165, 1.54) is 0 Å². The molecule has 0 aromatic heterocycles. The lowest BCUT2D eigenvalue weighted by atomic mass is 9.87. The van der Waals surface area contributed by atoms with Gasteiger partial charge in [-0.3, -0.25) is 0 Å². The lowest BCUT2D eigenvalue weighted by Crippen LogP contribution is -2.49. The maximum Gasteiger partial charge on any atom is 0.192 e. The first-order valence-corrected chi connectivity index (χ1v) is 15.3. The molecule has 0 spiro atoms. The zero-order chi connectivity index (χ0) is 19.8. The summed E-state index contributed by atoms with van der Waals surface area (Å²) < 4.78 is 13.4. The van der Waals surface area contributed by atoms with Crippen LogP contribution in [0.25, 0.3) is 0 Å². The van der Waals surface area contributed by atoms with E-state index in [1.807, 2.05) is 0 Å². The van der Waals surface area contributed by atoms with Crippen LogP contribution >= 0.6 is 0 Å². The van der Waals surface area contributed by atoms with Gasteiger partial charge in [-0.1, -0.05) is 54.7 Å². The molecule has 1 aliphatic rings. The van der Waals surface area contributed by atoms with Crippen molar-refractivity contribution < 1.29 is 8.85 Å². The third kappa shape index (κ3) is 5.30. The molecule has 1 aliphatic carbocycles. The van der Waals surface area contributed by atoms with Crippen molar-refractivity contribution in [3.8, 4) is 0 Å². The minimum Gasteiger partial charge on any atom is -0.413 e. The van der Waals surface area contributed by atoms with E-state index in [0.717, 1.165) is 24.0 Å². The molecule has 0 N–H and O–H groups in total. The van der Waals surface area contributed by atoms with Crippen LogP contribution in [0.3, 0.4) is 0 Å². The van der Waals surface area contributed by atoms with Crippen LogP contribution < -0.4 is 0 Å². The molecule has 0 bridgehead atoms. The third-order valence-corrected chi connectivity index (χ3v) is 15.4. The van der Waals surface area contributed by atoms with E-state index in [0.29, 0.717) is 0 Å². The summed E-state index contributed by atoms with van der Waals surface area (Å²) in [5, 5.41) is 0.383. The van der Waals surface area contributed by atoms with E-state index in [2.05, 4.69) is 86.6 Å². The lowest BCUT2D eigenvalue weighted by Gasteiger charge is -2.45. The molecule has 1 fully saturated rings. The fourth-order valence-corrected chi connectivity index (χ4v) is 5.21. The summed E-state index contributed by atoms with van der Waals surface area (Å²) in [6, 6.07) is 0. The van der Waals surface area contributed by atoms with Crippen molar-refractivity contribution in [3.63, 3.8) is 0 Å². The highest BCUT2D eigenvalue weighted by Crippen LogP contribution is 2.43. The van der Waals surface area contributed by atoms with Gasteiger partial charge < -0.3 is 8.85 Å². The molecule has 4 heteroatoms. The number of hydrogen-bond donors (Lipinski definition) is 0. The first-order valence-electron chi connectivity index (χ1n) is 9.45. The van der Waals surface area contributed by atoms with Crippen LogP contribution in [0.2, 0.25) is 36.3 Å². The Labute approximate surface area is 158 Å². The summed E-state index contributed by atoms with van der Waals surface area (Å²) >= 11 is 0. The second-order valence-corrected chi connectivity index (χ2v) is 20.0. The van der Waals surface area contributed by atoms with E-state index in [4.69, 9.17) is 8.85 Å². The molecule has 0 radical (unpaired) electrons. The van der Waals surface area contributed by atoms with Crippen molar-refractivity contribution in [3.05, 3.63) is 30.0 Å². The summed E-state index contributed by atoms with van der Waals surface area (Å²) in [6.07, 6.45) is 1.94. The second kappa shape index (κ2) is 7.32. The quantitative estimate of drug-likeness (QED) is 0.393. The number of rotatable bonds is 4. The average Bonchev–Trinajstić information content (AvgIpc) is 2.38. The molecular formula is C21H40O2Si2. The summed E-state index contributed by atoms with van der Waals surface area (Å²) in [6.45, 7) is 31.1. The van der Waals surface area contributed by atoms with Crippen molar-refractivity contribution >= 4 is 16.6 Å². The van der Waals surface area contributed by atoms with Gasteiger partial charge in [0.1, 0.15) is 0 Å². The standard InChI is InChI=1S/C21H40O2Si2/c1-13-17-14-18(22-24(9,10)20(3,4)5)15-19(16(17)2)23-25(11,12)21(6,7)8/h18-19H,1-2,14-15H2,3-12H3. The van der Waals surface area contributed by atoms with Gasteiger partial charge in [0.05, 0.1) is 12.2 Å². The highest BCUT2D eigenvalue weighted by molar-refractivity contribution is 6.74. The molecule has 2 nitrogen and oxygen atoms in total. The van der Waals surface area contributed by atoms with Crippen molar-refractivity contribution in [1.82, 2.24) is 0 Å². The molecule has 0 aromatic rings. The van der Waals surface area contributed by atoms with Gasteiger partial charge in [0.25, 0.3) is 0 Å². The van der Waals surface area contributed by atoms with Crippen LogP contribution in [0.1, 0.15) is 54.4 Å². The zero-order valence-corrected chi connectivity index (χ0v) is 20.3. The molecule has 2 unspecified atom stereocenters. The fraction of sp³-hybridized carbons (Fsp3) is 0.762. The van der Waals surface area contributed by atoms with Gasteiger partial charge in [-0.25, -0.2) is 0 Å². The Bertz CT molecular complexity index is 555. The molecule has 0 amide bonds. The van der Waals surface area contributed by atoms with Crippen molar-refractivity contribution in [2.24, 2.45) is 0 Å². The van der Waals surface area contributed by atoms with E-state index >= 15 is 0 Å². The highest BCUT2D eigenvalue weighted by atomic mass is 28.4. The summed E-state index contributed by atoms with van der Waals surface area (Å²) in [7, 11) is -3.68. The maximum absolute atomic E-state index is 6.70. The molecule has 25 heavy (non-hydrogen) atoms. The Hall–Kier alpha value is -0.386. The van der Waals surface area contributed by atoms with Crippen LogP contribution in [0.15, 0.2) is 30.0 Å². The molecule has 1 saturated carbocycles. The van der Waals surface area contributed by atoms with E-state index in [9.17, 15) is 0 Å². The largest absolute Gasteiger partial charge is 0.413 e. The van der Waals surface area contributed by atoms with Gasteiger partial charge in [0.2, 0.25) is 0 Å². The van der Waals surface area contributed by atoms with Crippen LogP contribution in [-0.2, 0) is 8.85 Å². The average molecular weight is 381 g/mol. The van der Waals surface area contributed by atoms with Crippen molar-refractivity contribution in [1.29, 1.82) is 0 Å². The summed E-state index contributed by atoms with van der Waals surface area (Å²) in [4.78, 5) is 0. The number of hydrogen-bond acceptors (Lipinski definition) is 2. The molecular weight excluding hydrogens is 340 g/mol. The Kier molecular flexibility index (Phi) is 6.63. The normalized spacial score (nSPS) is 23.6. The van der Waals surface area contributed by atoms with Gasteiger partial charge in [-0.05, 0) is 41.8 Å². The van der Waals surface area contributed by atoms with E-state index in [1.54, 1.807) is 0 Å². The summed E-state index contributed by atoms with van der Waals surface area (Å²) in [5.74, 6) is 0. The smallest absolute Gasteiger partial charge is 0.192 e. The molecule has 2 atom stereocenters. The van der Waals surface area contributed by atoms with Crippen LogP contribution in [0.5, 0.6) is 0 Å². The van der Waals surface area contributed by atoms with Crippen molar-refractivity contribution in [2.45, 2.75) is 103 Å². The van der Waals surface area contributed by atoms with Gasteiger partial charge >= 0.3 is 0 Å². The monoisotopic (exact) mass is 380 g/mol. The van der Waals surface area contributed by atoms with Gasteiger partial charge in [0, 0.05) is 18.4 Å². The Balaban J connectivity index is 3.04. The second-order valence-electron chi connectivity index (χ2n) is 10.5. The molecule has 144 valence electrons. The predicted octanol–water partition coefficient (Wildman–Crippen LogP) is 6.83. The SMILES string of the molecule is C=C=C1CC(O[Si](C)(C)C(C)(C)C)CC(O[Si](C)(C)C(C)(C)C)C1=C. The van der Waals surface area contributed by atoms with Crippen LogP contribution in [0.4, 0.5) is 0 Å². The lowest BCUT2D eigenvalue weighted by molar-refractivity contribution is 0.0971. The van der Waals surface area contributed by atoms with E-state index in [-0.39, 0.29) is 22.3 Å². The summed E-state index contributed by atoms with van der Waals surface area (Å²) in [5.41, 5.74) is 5.23. The zero-order valence-electron chi connectivity index (χ0n) is 18.3. The Morgan fingerprint density at radius 1 is 0.920 bits per heavy atom. The van der Waals surface area contributed by atoms with Crippen LogP contribution in [0, 0.1) is 0 Å².